The molecule has 8 atom stereocenters. The molecule has 5 nitrogen and oxygen atoms in total. The van der Waals surface area contributed by atoms with Gasteiger partial charge in [-0.25, -0.2) is 0 Å². The molecule has 2 fully saturated rings. The van der Waals surface area contributed by atoms with Crippen molar-refractivity contribution in [1.82, 2.24) is 0 Å². The minimum absolute atomic E-state index is 0.350. The van der Waals surface area contributed by atoms with Gasteiger partial charge in [-0.05, 0) is 18.3 Å². The molecule has 2 heterocycles. The summed E-state index contributed by atoms with van der Waals surface area (Å²) in [5.41, 5.74) is -1.25. The van der Waals surface area contributed by atoms with Crippen LogP contribution in [-0.2, 0) is 14.3 Å². The number of aliphatic hydroxyl groups excluding tert-OH is 2. The van der Waals surface area contributed by atoms with Crippen LogP contribution >= 0.6 is 0 Å². The molecular weight excluding hydrogens is 308 g/mol. The van der Waals surface area contributed by atoms with Crippen molar-refractivity contribution in [3.63, 3.8) is 0 Å². The fraction of sp³-hybridized carbons (Fsp3) is 0.737. The summed E-state index contributed by atoms with van der Waals surface area (Å²) in [6, 6.07) is 0. The number of carbonyl (C=O) groups excluding carboxylic acids is 1. The first-order valence-electron chi connectivity index (χ1n) is 8.89. The van der Waals surface area contributed by atoms with E-state index >= 15 is 0 Å². The number of ether oxygens (including phenoxy) is 2. The van der Waals surface area contributed by atoms with Crippen molar-refractivity contribution in [3.8, 4) is 0 Å². The number of hydrogen-bond acceptors (Lipinski definition) is 5. The molecule has 2 saturated heterocycles. The van der Waals surface area contributed by atoms with E-state index in [1.165, 1.54) is 0 Å². The summed E-state index contributed by atoms with van der Waals surface area (Å²) in [5.74, 6) is -1.19. The van der Waals surface area contributed by atoms with Crippen LogP contribution in [0.25, 0.3) is 0 Å². The van der Waals surface area contributed by atoms with Crippen LogP contribution in [0.15, 0.2) is 24.3 Å². The molecule has 5 heteroatoms. The Morgan fingerprint density at radius 3 is 2.67 bits per heavy atom. The first-order valence-corrected chi connectivity index (χ1v) is 8.89. The van der Waals surface area contributed by atoms with Gasteiger partial charge in [0.05, 0.1) is 6.10 Å². The lowest BCUT2D eigenvalue weighted by Crippen LogP contribution is -2.55. The zero-order chi connectivity index (χ0) is 17.7. The lowest BCUT2D eigenvalue weighted by Gasteiger charge is -2.40. The molecule has 134 valence electrons. The van der Waals surface area contributed by atoms with Crippen LogP contribution < -0.4 is 0 Å². The van der Waals surface area contributed by atoms with E-state index in [0.717, 1.165) is 12.8 Å². The molecule has 1 spiro atoms. The van der Waals surface area contributed by atoms with Crippen LogP contribution in [-0.4, -0.2) is 40.3 Å². The van der Waals surface area contributed by atoms with Gasteiger partial charge < -0.3 is 19.7 Å². The highest BCUT2D eigenvalue weighted by Gasteiger charge is 2.77. The second-order valence-electron chi connectivity index (χ2n) is 7.79. The Morgan fingerprint density at radius 1 is 1.33 bits per heavy atom. The van der Waals surface area contributed by atoms with E-state index in [2.05, 4.69) is 26.8 Å². The largest absolute Gasteiger partial charge is 0.430 e. The van der Waals surface area contributed by atoms with E-state index < -0.39 is 35.5 Å². The predicted molar refractivity (Wildman–Crippen MR) is 88.8 cm³/mol. The predicted octanol–water partition coefficient (Wildman–Crippen LogP) is 2.18. The van der Waals surface area contributed by atoms with Gasteiger partial charge in [-0.1, -0.05) is 51.5 Å². The molecule has 0 saturated carbocycles. The molecule has 8 unspecified atom stereocenters. The number of rotatable bonds is 5. The average molecular weight is 336 g/mol. The molecule has 0 radical (unpaired) electrons. The summed E-state index contributed by atoms with van der Waals surface area (Å²) in [6.07, 6.45) is 6.92. The minimum atomic E-state index is -1.37. The summed E-state index contributed by atoms with van der Waals surface area (Å²) >= 11 is 0. The highest BCUT2D eigenvalue weighted by molar-refractivity contribution is 5.84. The monoisotopic (exact) mass is 336 g/mol. The number of fused-ring (bicyclic) bond motifs is 1. The second kappa shape index (κ2) is 5.97. The van der Waals surface area contributed by atoms with Crippen molar-refractivity contribution >= 4 is 5.97 Å². The maximum Gasteiger partial charge on any atom is 0.321 e. The maximum absolute atomic E-state index is 12.6. The molecule has 2 bridgehead atoms. The van der Waals surface area contributed by atoms with E-state index in [-0.39, 0.29) is 5.92 Å². The third-order valence-corrected chi connectivity index (χ3v) is 5.93. The van der Waals surface area contributed by atoms with Crippen molar-refractivity contribution in [2.24, 2.45) is 23.2 Å². The third kappa shape index (κ3) is 2.37. The van der Waals surface area contributed by atoms with Crippen LogP contribution in [0.4, 0.5) is 0 Å². The minimum Gasteiger partial charge on any atom is -0.430 e. The van der Waals surface area contributed by atoms with E-state index in [0.29, 0.717) is 11.8 Å². The van der Waals surface area contributed by atoms with E-state index in [4.69, 9.17) is 9.47 Å². The Kier molecular flexibility index (Phi) is 4.39. The Hall–Kier alpha value is -1.17. The standard InChI is InChI=1S/C19H28O5/c1-5-11(2)10-12(3)6-7-13-8-9-14(20)15-19(13)16(21)18(4,23-15)24-17(19)22/h6-9,11-16,20-21H,5,10H2,1-4H3. The molecule has 3 rings (SSSR count). The highest BCUT2D eigenvalue weighted by Crippen LogP contribution is 2.59. The molecule has 2 N–H and O–H groups in total. The fourth-order valence-corrected chi connectivity index (χ4v) is 4.35. The number of carbonyl (C=O) groups is 1. The van der Waals surface area contributed by atoms with Gasteiger partial charge >= 0.3 is 5.97 Å². The Balaban J connectivity index is 1.88. The number of esters is 1. The average Bonchev–Trinajstić information content (AvgIpc) is 2.87. The highest BCUT2D eigenvalue weighted by atomic mass is 16.8. The van der Waals surface area contributed by atoms with Crippen LogP contribution in [0.1, 0.15) is 40.5 Å². The Bertz CT molecular complexity index is 570. The quantitative estimate of drug-likeness (QED) is 0.594. The van der Waals surface area contributed by atoms with Crippen molar-refractivity contribution in [1.29, 1.82) is 0 Å². The van der Waals surface area contributed by atoms with Crippen LogP contribution in [0, 0.1) is 23.2 Å². The molecular formula is C19H28O5. The lowest BCUT2D eigenvalue weighted by atomic mass is 9.64. The SMILES string of the molecule is CCC(C)CC(C)C=CC1C=CC(O)C2OC3(C)OC(=O)C12C3O. The number of allylic oxidation sites excluding steroid dienone is 3. The van der Waals surface area contributed by atoms with E-state index in [1.807, 2.05) is 6.08 Å². The molecule has 3 aliphatic rings. The normalized spacial score (nSPS) is 46.2. The van der Waals surface area contributed by atoms with Crippen molar-refractivity contribution in [2.75, 3.05) is 0 Å². The van der Waals surface area contributed by atoms with Gasteiger partial charge in [0.25, 0.3) is 0 Å². The van der Waals surface area contributed by atoms with E-state index in [1.54, 1.807) is 19.1 Å². The van der Waals surface area contributed by atoms with E-state index in [9.17, 15) is 15.0 Å². The summed E-state index contributed by atoms with van der Waals surface area (Å²) in [4.78, 5) is 12.6. The van der Waals surface area contributed by atoms with Crippen molar-refractivity contribution in [3.05, 3.63) is 24.3 Å². The fourth-order valence-electron chi connectivity index (χ4n) is 4.35. The van der Waals surface area contributed by atoms with Crippen LogP contribution in [0.2, 0.25) is 0 Å². The smallest absolute Gasteiger partial charge is 0.321 e. The molecule has 1 aliphatic carbocycles. The molecule has 0 aromatic heterocycles. The topological polar surface area (TPSA) is 76.0 Å². The van der Waals surface area contributed by atoms with Crippen LogP contribution in [0.5, 0.6) is 0 Å². The van der Waals surface area contributed by atoms with Gasteiger partial charge in [-0.2, -0.15) is 0 Å². The number of hydrogen-bond donors (Lipinski definition) is 2. The van der Waals surface area contributed by atoms with Gasteiger partial charge in [-0.15, -0.1) is 0 Å². The Morgan fingerprint density at radius 2 is 2.04 bits per heavy atom. The Labute approximate surface area is 143 Å². The van der Waals surface area contributed by atoms with Gasteiger partial charge in [0.15, 0.2) is 0 Å². The molecule has 0 aromatic rings. The zero-order valence-corrected chi connectivity index (χ0v) is 14.8. The van der Waals surface area contributed by atoms with Crippen LogP contribution in [0.3, 0.4) is 0 Å². The van der Waals surface area contributed by atoms with Crippen molar-refractivity contribution in [2.45, 2.75) is 64.6 Å². The second-order valence-corrected chi connectivity index (χ2v) is 7.79. The first-order chi connectivity index (χ1) is 11.3. The first kappa shape index (κ1) is 17.6. The van der Waals surface area contributed by atoms with Gasteiger partial charge in [0.1, 0.15) is 17.6 Å². The van der Waals surface area contributed by atoms with Gasteiger partial charge in [0, 0.05) is 12.8 Å². The summed E-state index contributed by atoms with van der Waals surface area (Å²) in [6.45, 7) is 8.11. The van der Waals surface area contributed by atoms with Gasteiger partial charge in [0.2, 0.25) is 5.79 Å². The molecule has 2 aliphatic heterocycles. The number of aliphatic hydroxyl groups is 2. The van der Waals surface area contributed by atoms with Crippen molar-refractivity contribution < 1.29 is 24.5 Å². The summed E-state index contributed by atoms with van der Waals surface area (Å²) in [5, 5.41) is 21.0. The summed E-state index contributed by atoms with van der Waals surface area (Å²) in [7, 11) is 0. The zero-order valence-electron chi connectivity index (χ0n) is 14.8. The maximum atomic E-state index is 12.6. The summed E-state index contributed by atoms with van der Waals surface area (Å²) < 4.78 is 11.0. The third-order valence-electron chi connectivity index (χ3n) is 5.93. The molecule has 0 aromatic carbocycles. The van der Waals surface area contributed by atoms with Gasteiger partial charge in [-0.3, -0.25) is 4.79 Å². The molecule has 0 amide bonds. The molecule has 24 heavy (non-hydrogen) atoms. The lowest BCUT2D eigenvalue weighted by molar-refractivity contribution is -0.253.